The number of anilines is 1. The monoisotopic (exact) mass is 365 g/mol. The van der Waals surface area contributed by atoms with Crippen LogP contribution in [0, 0.1) is 0 Å². The summed E-state index contributed by atoms with van der Waals surface area (Å²) < 4.78 is 15.9. The van der Waals surface area contributed by atoms with E-state index in [0.29, 0.717) is 61.6 Å². The molecule has 0 bridgehead atoms. The third kappa shape index (κ3) is 4.12. The zero-order valence-electron chi connectivity index (χ0n) is 14.0. The number of morpholine rings is 1. The van der Waals surface area contributed by atoms with Crippen molar-refractivity contribution in [3.05, 3.63) is 34.9 Å². The van der Waals surface area contributed by atoms with Gasteiger partial charge >= 0.3 is 0 Å². The van der Waals surface area contributed by atoms with E-state index in [1.807, 2.05) is 0 Å². The van der Waals surface area contributed by atoms with Crippen molar-refractivity contribution in [3.8, 4) is 11.3 Å². The molecule has 1 saturated heterocycles. The molecule has 134 valence electrons. The number of nitrogens with one attached hydrogen (secondary N) is 1. The van der Waals surface area contributed by atoms with Crippen molar-refractivity contribution in [2.75, 3.05) is 51.9 Å². The molecule has 2 aromatic rings. The summed E-state index contributed by atoms with van der Waals surface area (Å²) in [6.07, 6.45) is 0. The molecule has 1 aromatic carbocycles. The van der Waals surface area contributed by atoms with Gasteiger partial charge in [0.25, 0.3) is 5.91 Å². The lowest BCUT2D eigenvalue weighted by Crippen LogP contribution is -2.41. The number of rotatable bonds is 6. The Morgan fingerprint density at radius 3 is 2.72 bits per heavy atom. The number of carbonyl (C=O) groups excluding carboxylic acids is 1. The zero-order valence-corrected chi connectivity index (χ0v) is 14.7. The molecule has 2 heterocycles. The highest BCUT2D eigenvalue weighted by Gasteiger charge is 2.29. The van der Waals surface area contributed by atoms with Crippen molar-refractivity contribution in [1.82, 2.24) is 10.1 Å². The second kappa shape index (κ2) is 8.33. The number of hydrogen-bond donors (Lipinski definition) is 1. The lowest BCUT2D eigenvalue weighted by molar-refractivity contribution is 0.0303. The first-order chi connectivity index (χ1) is 12.2. The molecule has 7 nitrogen and oxygen atoms in total. The highest BCUT2D eigenvalue weighted by atomic mass is 35.5. The highest BCUT2D eigenvalue weighted by Crippen LogP contribution is 2.31. The zero-order chi connectivity index (χ0) is 17.6. The second-order valence-corrected chi connectivity index (χ2v) is 6.00. The SMILES string of the molecule is COCCNc1noc(-c2ccc(Cl)cc2)c1C(=O)N1CCOCC1. The molecule has 0 spiro atoms. The van der Waals surface area contributed by atoms with Crippen LogP contribution in [0.25, 0.3) is 11.3 Å². The number of carbonyl (C=O) groups is 1. The van der Waals surface area contributed by atoms with Crippen LogP contribution < -0.4 is 5.32 Å². The Labute approximate surface area is 150 Å². The molecular formula is C17H20ClN3O4. The number of aromatic nitrogens is 1. The summed E-state index contributed by atoms with van der Waals surface area (Å²) in [7, 11) is 1.61. The Kier molecular flexibility index (Phi) is 5.91. The number of halogens is 1. The van der Waals surface area contributed by atoms with Crippen molar-refractivity contribution < 1.29 is 18.8 Å². The summed E-state index contributed by atoms with van der Waals surface area (Å²) in [5, 5.41) is 7.76. The Morgan fingerprint density at radius 2 is 2.04 bits per heavy atom. The summed E-state index contributed by atoms with van der Waals surface area (Å²) >= 11 is 5.95. The highest BCUT2D eigenvalue weighted by molar-refractivity contribution is 6.30. The fourth-order valence-corrected chi connectivity index (χ4v) is 2.73. The third-order valence-corrected chi connectivity index (χ3v) is 4.16. The first-order valence-electron chi connectivity index (χ1n) is 8.06. The molecule has 0 saturated carbocycles. The fraction of sp³-hybridized carbons (Fsp3) is 0.412. The Hall–Kier alpha value is -2.09. The molecule has 1 aliphatic heterocycles. The number of amides is 1. The molecule has 1 aromatic heterocycles. The van der Waals surface area contributed by atoms with E-state index < -0.39 is 0 Å². The summed E-state index contributed by atoms with van der Waals surface area (Å²) in [4.78, 5) is 14.8. The van der Waals surface area contributed by atoms with E-state index in [4.69, 9.17) is 25.6 Å². The van der Waals surface area contributed by atoms with Crippen LogP contribution in [0.5, 0.6) is 0 Å². The maximum Gasteiger partial charge on any atom is 0.261 e. The van der Waals surface area contributed by atoms with Crippen molar-refractivity contribution in [1.29, 1.82) is 0 Å². The van der Waals surface area contributed by atoms with Crippen LogP contribution in [0.2, 0.25) is 5.02 Å². The van der Waals surface area contributed by atoms with Crippen LogP contribution in [0.15, 0.2) is 28.8 Å². The van der Waals surface area contributed by atoms with Crippen LogP contribution in [-0.2, 0) is 9.47 Å². The molecule has 1 amide bonds. The molecule has 0 aliphatic carbocycles. The second-order valence-electron chi connectivity index (χ2n) is 5.57. The summed E-state index contributed by atoms with van der Waals surface area (Å²) in [6.45, 7) is 3.16. The average molecular weight is 366 g/mol. The molecule has 1 N–H and O–H groups in total. The number of hydrogen-bond acceptors (Lipinski definition) is 6. The predicted octanol–water partition coefficient (Wildman–Crippen LogP) is 2.53. The van der Waals surface area contributed by atoms with Gasteiger partial charge in [-0.1, -0.05) is 16.8 Å². The van der Waals surface area contributed by atoms with E-state index in [-0.39, 0.29) is 5.91 Å². The summed E-state index contributed by atoms with van der Waals surface area (Å²) in [6, 6.07) is 7.11. The lowest BCUT2D eigenvalue weighted by Gasteiger charge is -2.26. The molecule has 8 heteroatoms. The lowest BCUT2D eigenvalue weighted by atomic mass is 10.1. The molecule has 0 atom stereocenters. The van der Waals surface area contributed by atoms with Crippen molar-refractivity contribution >= 4 is 23.3 Å². The molecule has 0 radical (unpaired) electrons. The molecule has 25 heavy (non-hydrogen) atoms. The Bertz CT molecular complexity index is 711. The van der Waals surface area contributed by atoms with E-state index >= 15 is 0 Å². The molecular weight excluding hydrogens is 346 g/mol. The van der Waals surface area contributed by atoms with Crippen LogP contribution in [0.3, 0.4) is 0 Å². The van der Waals surface area contributed by atoms with Gasteiger partial charge in [-0.05, 0) is 24.3 Å². The summed E-state index contributed by atoms with van der Waals surface area (Å²) in [5.74, 6) is 0.709. The maximum atomic E-state index is 13.0. The number of ether oxygens (including phenoxy) is 2. The molecule has 1 fully saturated rings. The Balaban J connectivity index is 1.93. The topological polar surface area (TPSA) is 76.8 Å². The maximum absolute atomic E-state index is 13.0. The van der Waals surface area contributed by atoms with Gasteiger partial charge in [0, 0.05) is 37.3 Å². The van der Waals surface area contributed by atoms with Gasteiger partial charge in [0.15, 0.2) is 11.6 Å². The number of nitrogens with zero attached hydrogens (tertiary/aromatic N) is 2. The predicted molar refractivity (Wildman–Crippen MR) is 94.0 cm³/mol. The normalized spacial score (nSPS) is 14.6. The first-order valence-corrected chi connectivity index (χ1v) is 8.44. The van der Waals surface area contributed by atoms with Crippen molar-refractivity contribution in [2.24, 2.45) is 0 Å². The van der Waals surface area contributed by atoms with Gasteiger partial charge in [-0.3, -0.25) is 4.79 Å². The minimum atomic E-state index is -0.130. The standard InChI is InChI=1S/C17H20ClN3O4/c1-23-9-6-19-16-14(17(22)21-7-10-24-11-8-21)15(25-20-16)12-2-4-13(18)5-3-12/h2-5H,6-11H2,1H3,(H,19,20). The van der Waals surface area contributed by atoms with Gasteiger partial charge in [0.1, 0.15) is 5.56 Å². The third-order valence-electron chi connectivity index (χ3n) is 3.91. The quantitative estimate of drug-likeness (QED) is 0.793. The number of methoxy groups -OCH3 is 1. The van der Waals surface area contributed by atoms with Gasteiger partial charge in [-0.15, -0.1) is 0 Å². The van der Waals surface area contributed by atoms with Crippen molar-refractivity contribution in [3.63, 3.8) is 0 Å². The van der Waals surface area contributed by atoms with Crippen LogP contribution in [0.1, 0.15) is 10.4 Å². The van der Waals surface area contributed by atoms with E-state index in [0.717, 1.165) is 5.56 Å². The number of benzene rings is 1. The smallest absolute Gasteiger partial charge is 0.261 e. The van der Waals surface area contributed by atoms with E-state index in [1.165, 1.54) is 0 Å². The van der Waals surface area contributed by atoms with Crippen LogP contribution in [-0.4, -0.2) is 62.5 Å². The first kappa shape index (κ1) is 17.7. The van der Waals surface area contributed by atoms with Gasteiger partial charge in [-0.25, -0.2) is 0 Å². The summed E-state index contributed by atoms with van der Waals surface area (Å²) in [5.41, 5.74) is 1.16. The Morgan fingerprint density at radius 1 is 1.32 bits per heavy atom. The minimum Gasteiger partial charge on any atom is -0.383 e. The van der Waals surface area contributed by atoms with Crippen LogP contribution in [0.4, 0.5) is 5.82 Å². The molecule has 0 unspecified atom stereocenters. The van der Waals surface area contributed by atoms with Crippen molar-refractivity contribution in [2.45, 2.75) is 0 Å². The largest absolute Gasteiger partial charge is 0.383 e. The van der Waals surface area contributed by atoms with E-state index in [2.05, 4.69) is 10.5 Å². The minimum absolute atomic E-state index is 0.130. The van der Waals surface area contributed by atoms with Gasteiger partial charge in [0.05, 0.1) is 19.8 Å². The molecule has 3 rings (SSSR count). The molecule has 1 aliphatic rings. The fourth-order valence-electron chi connectivity index (χ4n) is 2.60. The van der Waals surface area contributed by atoms with Crippen LogP contribution >= 0.6 is 11.6 Å². The van der Waals surface area contributed by atoms with E-state index in [1.54, 1.807) is 36.3 Å². The van der Waals surface area contributed by atoms with Gasteiger partial charge in [-0.2, -0.15) is 0 Å². The van der Waals surface area contributed by atoms with E-state index in [9.17, 15) is 4.79 Å². The van der Waals surface area contributed by atoms with Gasteiger partial charge in [0.2, 0.25) is 0 Å². The van der Waals surface area contributed by atoms with Gasteiger partial charge < -0.3 is 24.2 Å². The average Bonchev–Trinajstić information content (AvgIpc) is 3.06.